The zero-order valence-electron chi connectivity index (χ0n) is 6.95. The topological polar surface area (TPSA) is 56.5 Å². The van der Waals surface area contributed by atoms with Gasteiger partial charge in [0.15, 0.2) is 5.82 Å². The van der Waals surface area contributed by atoms with Crippen LogP contribution < -0.4 is 0 Å². The summed E-state index contributed by atoms with van der Waals surface area (Å²) in [6, 6.07) is 5.61. The number of tetrazole rings is 1. The molecule has 0 amide bonds. The van der Waals surface area contributed by atoms with Gasteiger partial charge in [-0.25, -0.2) is 4.98 Å². The van der Waals surface area contributed by atoms with E-state index in [0.717, 1.165) is 11.0 Å². The van der Waals surface area contributed by atoms with Gasteiger partial charge in [-0.2, -0.15) is 4.68 Å². The molecule has 0 atom stereocenters. The molecular formula is C7H7N5S. The highest BCUT2D eigenvalue weighted by Crippen LogP contribution is 2.12. The number of aromatic nitrogens is 5. The van der Waals surface area contributed by atoms with Gasteiger partial charge in [-0.15, -0.1) is 5.10 Å². The Balaban J connectivity index is 2.47. The van der Waals surface area contributed by atoms with Crippen molar-refractivity contribution in [1.82, 2.24) is 25.2 Å². The van der Waals surface area contributed by atoms with Crippen LogP contribution in [0.4, 0.5) is 0 Å². The second-order valence-electron chi connectivity index (χ2n) is 2.27. The van der Waals surface area contributed by atoms with Crippen molar-refractivity contribution < 1.29 is 0 Å². The summed E-state index contributed by atoms with van der Waals surface area (Å²) < 4.78 is 1.60. The molecule has 0 N–H and O–H groups in total. The van der Waals surface area contributed by atoms with E-state index in [1.54, 1.807) is 10.9 Å². The molecule has 0 saturated heterocycles. The van der Waals surface area contributed by atoms with Crippen molar-refractivity contribution in [3.63, 3.8) is 0 Å². The lowest BCUT2D eigenvalue weighted by atomic mass is 10.5. The highest BCUT2D eigenvalue weighted by Gasteiger charge is 2.05. The minimum Gasteiger partial charge on any atom is -0.237 e. The van der Waals surface area contributed by atoms with E-state index >= 15 is 0 Å². The first-order valence-corrected chi connectivity index (χ1v) is 4.88. The van der Waals surface area contributed by atoms with Crippen molar-refractivity contribution in [2.75, 3.05) is 6.26 Å². The first-order valence-electron chi connectivity index (χ1n) is 3.65. The monoisotopic (exact) mass is 193 g/mol. The molecule has 2 heterocycles. The van der Waals surface area contributed by atoms with Gasteiger partial charge in [-0.3, -0.25) is 0 Å². The molecule has 0 aliphatic carbocycles. The van der Waals surface area contributed by atoms with Gasteiger partial charge in [0.2, 0.25) is 5.16 Å². The standard InChI is InChI=1S/C7H7N5S/c1-13-7-9-10-11-12(7)6-4-2-3-5-8-6/h2-5H,1H3. The van der Waals surface area contributed by atoms with Crippen molar-refractivity contribution in [3.05, 3.63) is 24.4 Å². The lowest BCUT2D eigenvalue weighted by Crippen LogP contribution is -2.00. The van der Waals surface area contributed by atoms with E-state index in [9.17, 15) is 0 Å². The lowest BCUT2D eigenvalue weighted by molar-refractivity contribution is 0.736. The van der Waals surface area contributed by atoms with E-state index in [4.69, 9.17) is 0 Å². The largest absolute Gasteiger partial charge is 0.237 e. The molecule has 0 fully saturated rings. The van der Waals surface area contributed by atoms with Crippen LogP contribution in [-0.2, 0) is 0 Å². The molecule has 0 saturated carbocycles. The van der Waals surface area contributed by atoms with Crippen molar-refractivity contribution in [2.24, 2.45) is 0 Å². The summed E-state index contributed by atoms with van der Waals surface area (Å²) in [6.07, 6.45) is 3.63. The van der Waals surface area contributed by atoms with Gasteiger partial charge in [-0.1, -0.05) is 17.8 Å². The van der Waals surface area contributed by atoms with E-state index in [1.165, 1.54) is 11.8 Å². The summed E-state index contributed by atoms with van der Waals surface area (Å²) in [5, 5.41) is 12.0. The van der Waals surface area contributed by atoms with Crippen LogP contribution >= 0.6 is 11.8 Å². The number of rotatable bonds is 2. The second-order valence-corrected chi connectivity index (χ2v) is 3.04. The Morgan fingerprint density at radius 3 is 3.00 bits per heavy atom. The molecule has 0 aromatic carbocycles. The Morgan fingerprint density at radius 2 is 2.31 bits per heavy atom. The average Bonchev–Trinajstić information content (AvgIpc) is 2.67. The number of hydrogen-bond donors (Lipinski definition) is 0. The Morgan fingerprint density at radius 1 is 1.38 bits per heavy atom. The second kappa shape index (κ2) is 3.53. The maximum atomic E-state index is 4.14. The summed E-state index contributed by atoms with van der Waals surface area (Å²) in [5.41, 5.74) is 0. The summed E-state index contributed by atoms with van der Waals surface area (Å²) in [7, 11) is 0. The summed E-state index contributed by atoms with van der Waals surface area (Å²) in [5.74, 6) is 0.733. The van der Waals surface area contributed by atoms with E-state index in [-0.39, 0.29) is 0 Å². The third-order valence-corrected chi connectivity index (χ3v) is 2.11. The summed E-state index contributed by atoms with van der Waals surface area (Å²) >= 11 is 1.48. The van der Waals surface area contributed by atoms with Crippen molar-refractivity contribution in [1.29, 1.82) is 0 Å². The molecule has 0 aliphatic heterocycles. The van der Waals surface area contributed by atoms with Crippen LogP contribution in [0, 0.1) is 0 Å². The SMILES string of the molecule is CSc1nnnn1-c1ccccn1. The Kier molecular flexibility index (Phi) is 2.22. The summed E-state index contributed by atoms with van der Waals surface area (Å²) in [6.45, 7) is 0. The molecule has 0 unspecified atom stereocenters. The highest BCUT2D eigenvalue weighted by molar-refractivity contribution is 7.98. The number of nitrogens with zero attached hydrogens (tertiary/aromatic N) is 5. The molecule has 2 aromatic rings. The van der Waals surface area contributed by atoms with Crippen LogP contribution in [0.5, 0.6) is 0 Å². The average molecular weight is 193 g/mol. The van der Waals surface area contributed by atoms with Gasteiger partial charge < -0.3 is 0 Å². The fraction of sp³-hybridized carbons (Fsp3) is 0.143. The van der Waals surface area contributed by atoms with Gasteiger partial charge in [0, 0.05) is 6.20 Å². The fourth-order valence-corrected chi connectivity index (χ4v) is 1.35. The third kappa shape index (κ3) is 1.52. The van der Waals surface area contributed by atoms with Gasteiger partial charge >= 0.3 is 0 Å². The first-order chi connectivity index (χ1) is 6.42. The quantitative estimate of drug-likeness (QED) is 0.660. The van der Waals surface area contributed by atoms with Gasteiger partial charge in [0.25, 0.3) is 0 Å². The molecule has 0 radical (unpaired) electrons. The Bertz CT molecular complexity index is 385. The molecule has 0 bridgehead atoms. The van der Waals surface area contributed by atoms with E-state index < -0.39 is 0 Å². The lowest BCUT2D eigenvalue weighted by Gasteiger charge is -1.98. The molecule has 2 aromatic heterocycles. The Hall–Kier alpha value is -1.43. The molecule has 0 spiro atoms. The minimum atomic E-state index is 0.733. The van der Waals surface area contributed by atoms with E-state index in [2.05, 4.69) is 20.5 Å². The molecular weight excluding hydrogens is 186 g/mol. The maximum Gasteiger partial charge on any atom is 0.215 e. The predicted octanol–water partition coefficient (Wildman–Crippen LogP) is 0.779. The Labute approximate surface area is 79.2 Å². The van der Waals surface area contributed by atoms with Crippen molar-refractivity contribution in [3.8, 4) is 5.82 Å². The zero-order valence-corrected chi connectivity index (χ0v) is 7.77. The smallest absolute Gasteiger partial charge is 0.215 e. The molecule has 5 nitrogen and oxygen atoms in total. The molecule has 2 rings (SSSR count). The first kappa shape index (κ1) is 8.18. The van der Waals surface area contributed by atoms with Gasteiger partial charge in [0.05, 0.1) is 0 Å². The zero-order chi connectivity index (χ0) is 9.10. The molecule has 0 aliphatic rings. The van der Waals surface area contributed by atoms with Crippen LogP contribution in [-0.4, -0.2) is 31.4 Å². The highest BCUT2D eigenvalue weighted by atomic mass is 32.2. The summed E-state index contributed by atoms with van der Waals surface area (Å²) in [4.78, 5) is 4.14. The van der Waals surface area contributed by atoms with Crippen molar-refractivity contribution in [2.45, 2.75) is 5.16 Å². The molecule has 6 heteroatoms. The van der Waals surface area contributed by atoms with Crippen molar-refractivity contribution >= 4 is 11.8 Å². The number of thioether (sulfide) groups is 1. The van der Waals surface area contributed by atoms with E-state index in [1.807, 2.05) is 24.5 Å². The normalized spacial score (nSPS) is 10.2. The van der Waals surface area contributed by atoms with Gasteiger partial charge in [-0.05, 0) is 28.8 Å². The number of pyridine rings is 1. The number of hydrogen-bond acceptors (Lipinski definition) is 5. The predicted molar refractivity (Wildman–Crippen MR) is 48.7 cm³/mol. The maximum absolute atomic E-state index is 4.14. The van der Waals surface area contributed by atoms with Gasteiger partial charge in [0.1, 0.15) is 0 Å². The fourth-order valence-electron chi connectivity index (χ4n) is 0.929. The molecule has 66 valence electrons. The van der Waals surface area contributed by atoms with Crippen LogP contribution in [0.15, 0.2) is 29.6 Å². The third-order valence-electron chi connectivity index (χ3n) is 1.49. The van der Waals surface area contributed by atoms with E-state index in [0.29, 0.717) is 0 Å². The van der Waals surface area contributed by atoms with Crippen LogP contribution in [0.25, 0.3) is 5.82 Å². The minimum absolute atomic E-state index is 0.733. The molecule has 13 heavy (non-hydrogen) atoms. The van der Waals surface area contributed by atoms with Crippen LogP contribution in [0.1, 0.15) is 0 Å². The van der Waals surface area contributed by atoms with Crippen LogP contribution in [0.2, 0.25) is 0 Å². The van der Waals surface area contributed by atoms with Crippen LogP contribution in [0.3, 0.4) is 0 Å².